The average molecular weight is 297 g/mol. The molecule has 1 rings (SSSR count). The van der Waals surface area contributed by atoms with E-state index in [0.29, 0.717) is 19.5 Å². The van der Waals surface area contributed by atoms with Crippen molar-refractivity contribution in [3.8, 4) is 0 Å². The molecule has 0 bridgehead atoms. The first-order chi connectivity index (χ1) is 9.95. The Morgan fingerprint density at radius 2 is 1.95 bits per heavy atom. The monoisotopic (exact) mass is 297 g/mol. The standard InChI is InChI=1S/C16H31N3O2/c1-4-5-10-18(3)16(21)14-8-11-19(12-9-14)15(20)7-6-13(2)17/h13-14H,4-12,17H2,1-3H3. The Bertz CT molecular complexity index is 336. The van der Waals surface area contributed by atoms with E-state index >= 15 is 0 Å². The number of rotatable bonds is 7. The van der Waals surface area contributed by atoms with Gasteiger partial charge in [0.15, 0.2) is 0 Å². The minimum atomic E-state index is 0.0697. The molecular formula is C16H31N3O2. The van der Waals surface area contributed by atoms with Gasteiger partial charge in [0.05, 0.1) is 0 Å². The summed E-state index contributed by atoms with van der Waals surface area (Å²) in [5, 5.41) is 0. The van der Waals surface area contributed by atoms with Crippen LogP contribution in [0.3, 0.4) is 0 Å². The van der Waals surface area contributed by atoms with Gasteiger partial charge in [-0.25, -0.2) is 0 Å². The van der Waals surface area contributed by atoms with E-state index in [1.165, 1.54) is 0 Å². The van der Waals surface area contributed by atoms with Crippen LogP contribution in [0.15, 0.2) is 0 Å². The highest BCUT2D eigenvalue weighted by Crippen LogP contribution is 2.20. The van der Waals surface area contributed by atoms with Crippen LogP contribution < -0.4 is 5.73 Å². The number of likely N-dealkylation sites (tertiary alicyclic amines) is 1. The van der Waals surface area contributed by atoms with Gasteiger partial charge in [-0.3, -0.25) is 9.59 Å². The van der Waals surface area contributed by atoms with Crippen LogP contribution in [0.25, 0.3) is 0 Å². The maximum Gasteiger partial charge on any atom is 0.225 e. The van der Waals surface area contributed by atoms with Crippen molar-refractivity contribution in [1.29, 1.82) is 0 Å². The van der Waals surface area contributed by atoms with Crippen molar-refractivity contribution < 1.29 is 9.59 Å². The van der Waals surface area contributed by atoms with Gasteiger partial charge in [0.2, 0.25) is 11.8 Å². The summed E-state index contributed by atoms with van der Waals surface area (Å²) in [5.41, 5.74) is 5.68. The molecule has 0 aromatic rings. The van der Waals surface area contributed by atoms with Gasteiger partial charge in [-0.1, -0.05) is 13.3 Å². The van der Waals surface area contributed by atoms with Gasteiger partial charge in [-0.2, -0.15) is 0 Å². The summed E-state index contributed by atoms with van der Waals surface area (Å²) in [6.45, 7) is 6.30. The predicted molar refractivity (Wildman–Crippen MR) is 84.7 cm³/mol. The van der Waals surface area contributed by atoms with Crippen molar-refractivity contribution in [1.82, 2.24) is 9.80 Å². The molecule has 1 fully saturated rings. The molecule has 2 N–H and O–H groups in total. The average Bonchev–Trinajstić information content (AvgIpc) is 2.49. The molecule has 2 amide bonds. The lowest BCUT2D eigenvalue weighted by Gasteiger charge is -2.33. The number of amides is 2. The summed E-state index contributed by atoms with van der Waals surface area (Å²) in [6, 6.07) is 0.0697. The van der Waals surface area contributed by atoms with Gasteiger partial charge in [-0.05, 0) is 32.6 Å². The molecule has 21 heavy (non-hydrogen) atoms. The molecule has 0 radical (unpaired) electrons. The molecule has 5 heteroatoms. The van der Waals surface area contributed by atoms with E-state index in [9.17, 15) is 9.59 Å². The van der Waals surface area contributed by atoms with Crippen LogP contribution in [0.1, 0.15) is 52.4 Å². The number of hydrogen-bond donors (Lipinski definition) is 1. The summed E-state index contributed by atoms with van der Waals surface area (Å²) < 4.78 is 0. The molecule has 1 heterocycles. The van der Waals surface area contributed by atoms with E-state index in [1.807, 2.05) is 23.8 Å². The second-order valence-corrected chi connectivity index (χ2v) is 6.28. The Labute approximate surface area is 128 Å². The van der Waals surface area contributed by atoms with E-state index in [0.717, 1.165) is 38.6 Å². The predicted octanol–water partition coefficient (Wildman–Crippen LogP) is 1.61. The molecule has 1 aliphatic rings. The zero-order chi connectivity index (χ0) is 15.8. The molecule has 5 nitrogen and oxygen atoms in total. The highest BCUT2D eigenvalue weighted by Gasteiger charge is 2.28. The van der Waals surface area contributed by atoms with E-state index in [2.05, 4.69) is 6.92 Å². The molecule has 1 unspecified atom stereocenters. The Hall–Kier alpha value is -1.10. The third-order valence-electron chi connectivity index (χ3n) is 4.23. The van der Waals surface area contributed by atoms with Gasteiger partial charge in [0, 0.05) is 45.1 Å². The largest absolute Gasteiger partial charge is 0.346 e. The third-order valence-corrected chi connectivity index (χ3v) is 4.23. The smallest absolute Gasteiger partial charge is 0.225 e. The van der Waals surface area contributed by atoms with Crippen molar-refractivity contribution in [2.75, 3.05) is 26.7 Å². The molecule has 122 valence electrons. The number of carbonyl (C=O) groups excluding carboxylic acids is 2. The second kappa shape index (κ2) is 9.03. The first-order valence-electron chi connectivity index (χ1n) is 8.24. The Kier molecular flexibility index (Phi) is 7.72. The first kappa shape index (κ1) is 18.0. The molecule has 0 aliphatic carbocycles. The van der Waals surface area contributed by atoms with Crippen molar-refractivity contribution in [2.24, 2.45) is 11.7 Å². The maximum absolute atomic E-state index is 12.3. The van der Waals surface area contributed by atoms with Crippen LogP contribution in [0.2, 0.25) is 0 Å². The third kappa shape index (κ3) is 6.04. The minimum absolute atomic E-state index is 0.0697. The summed E-state index contributed by atoms with van der Waals surface area (Å²) in [6.07, 6.45) is 4.99. The lowest BCUT2D eigenvalue weighted by molar-refractivity contribution is -0.140. The summed E-state index contributed by atoms with van der Waals surface area (Å²) in [4.78, 5) is 28.1. The quantitative estimate of drug-likeness (QED) is 0.776. The second-order valence-electron chi connectivity index (χ2n) is 6.28. The van der Waals surface area contributed by atoms with Gasteiger partial charge >= 0.3 is 0 Å². The van der Waals surface area contributed by atoms with E-state index in [-0.39, 0.29) is 23.8 Å². The van der Waals surface area contributed by atoms with Gasteiger partial charge in [-0.15, -0.1) is 0 Å². The van der Waals surface area contributed by atoms with Crippen molar-refractivity contribution >= 4 is 11.8 Å². The van der Waals surface area contributed by atoms with Crippen molar-refractivity contribution in [2.45, 2.75) is 58.4 Å². The SMILES string of the molecule is CCCCN(C)C(=O)C1CCN(C(=O)CCC(C)N)CC1. The molecule has 1 aliphatic heterocycles. The molecule has 1 saturated heterocycles. The Morgan fingerprint density at radius 1 is 1.33 bits per heavy atom. The number of nitrogens with zero attached hydrogens (tertiary/aromatic N) is 2. The van der Waals surface area contributed by atoms with E-state index in [4.69, 9.17) is 5.73 Å². The van der Waals surface area contributed by atoms with Crippen LogP contribution in [-0.2, 0) is 9.59 Å². The molecule has 0 spiro atoms. The van der Waals surface area contributed by atoms with Crippen LogP contribution in [0.4, 0.5) is 0 Å². The van der Waals surface area contributed by atoms with E-state index < -0.39 is 0 Å². The van der Waals surface area contributed by atoms with E-state index in [1.54, 1.807) is 0 Å². The summed E-state index contributed by atoms with van der Waals surface area (Å²) in [5.74, 6) is 0.507. The minimum Gasteiger partial charge on any atom is -0.346 e. The Morgan fingerprint density at radius 3 is 2.48 bits per heavy atom. The zero-order valence-electron chi connectivity index (χ0n) is 13.8. The highest BCUT2D eigenvalue weighted by atomic mass is 16.2. The highest BCUT2D eigenvalue weighted by molar-refractivity contribution is 5.80. The lowest BCUT2D eigenvalue weighted by Crippen LogP contribution is -2.43. The maximum atomic E-state index is 12.3. The van der Waals surface area contributed by atoms with Crippen LogP contribution in [-0.4, -0.2) is 54.3 Å². The first-order valence-corrected chi connectivity index (χ1v) is 8.24. The number of nitrogens with two attached hydrogens (primary N) is 1. The number of unbranched alkanes of at least 4 members (excludes halogenated alkanes) is 1. The normalized spacial score (nSPS) is 17.6. The van der Waals surface area contributed by atoms with Gasteiger partial charge in [0.1, 0.15) is 0 Å². The van der Waals surface area contributed by atoms with Crippen LogP contribution >= 0.6 is 0 Å². The molecule has 1 atom stereocenters. The fourth-order valence-electron chi connectivity index (χ4n) is 2.70. The van der Waals surface area contributed by atoms with Crippen molar-refractivity contribution in [3.05, 3.63) is 0 Å². The number of carbonyl (C=O) groups is 2. The summed E-state index contributed by atoms with van der Waals surface area (Å²) in [7, 11) is 1.89. The Balaban J connectivity index is 2.34. The number of piperidine rings is 1. The van der Waals surface area contributed by atoms with Gasteiger partial charge in [0.25, 0.3) is 0 Å². The van der Waals surface area contributed by atoms with Crippen LogP contribution in [0.5, 0.6) is 0 Å². The summed E-state index contributed by atoms with van der Waals surface area (Å²) >= 11 is 0. The van der Waals surface area contributed by atoms with Crippen molar-refractivity contribution in [3.63, 3.8) is 0 Å². The lowest BCUT2D eigenvalue weighted by atomic mass is 9.95. The fraction of sp³-hybridized carbons (Fsp3) is 0.875. The molecule has 0 aromatic heterocycles. The van der Waals surface area contributed by atoms with Crippen LogP contribution in [0, 0.1) is 5.92 Å². The zero-order valence-corrected chi connectivity index (χ0v) is 13.8. The topological polar surface area (TPSA) is 66.6 Å². The fourth-order valence-corrected chi connectivity index (χ4v) is 2.70. The molecular weight excluding hydrogens is 266 g/mol. The van der Waals surface area contributed by atoms with Gasteiger partial charge < -0.3 is 15.5 Å². The molecule has 0 saturated carbocycles. The number of hydrogen-bond acceptors (Lipinski definition) is 3. The molecule has 0 aromatic carbocycles.